The van der Waals surface area contributed by atoms with Gasteiger partial charge in [0.25, 0.3) is 0 Å². The Morgan fingerprint density at radius 3 is 2.40 bits per heavy atom. The lowest BCUT2D eigenvalue weighted by Gasteiger charge is -2.14. The molecule has 2 aliphatic rings. The molecule has 5 heteroatoms. The average Bonchev–Trinajstić information content (AvgIpc) is 2.83. The first-order valence-corrected chi connectivity index (χ1v) is 8.84. The van der Waals surface area contributed by atoms with Gasteiger partial charge >= 0.3 is 0 Å². The van der Waals surface area contributed by atoms with Crippen LogP contribution in [0.25, 0.3) is 0 Å². The molecule has 1 aliphatic heterocycles. The Balaban J connectivity index is 1.51. The molecule has 0 bridgehead atoms. The van der Waals surface area contributed by atoms with Crippen LogP contribution in [0.3, 0.4) is 0 Å². The van der Waals surface area contributed by atoms with Gasteiger partial charge in [0.15, 0.2) is 0 Å². The molecule has 1 fully saturated rings. The first kappa shape index (κ1) is 17.4. The highest BCUT2D eigenvalue weighted by Crippen LogP contribution is 2.35. The number of anilines is 1. The van der Waals surface area contributed by atoms with Crippen LogP contribution in [0, 0.1) is 25.7 Å². The van der Waals surface area contributed by atoms with Gasteiger partial charge in [-0.05, 0) is 50.3 Å². The summed E-state index contributed by atoms with van der Waals surface area (Å²) in [7, 11) is 0. The summed E-state index contributed by atoms with van der Waals surface area (Å²) in [6, 6.07) is 5.92. The van der Waals surface area contributed by atoms with Crippen molar-refractivity contribution in [3.8, 4) is 0 Å². The molecule has 3 amide bonds. The van der Waals surface area contributed by atoms with Gasteiger partial charge in [0.05, 0.1) is 11.8 Å². The van der Waals surface area contributed by atoms with Crippen LogP contribution in [0.2, 0.25) is 0 Å². The summed E-state index contributed by atoms with van der Waals surface area (Å²) in [6.45, 7) is 4.26. The Hall–Kier alpha value is -2.43. The SMILES string of the molecule is Cc1ccc(C)c(NC(=O)CCCN2C(=O)[C@H]3CC=CC[C@H]3C2=O)c1. The Labute approximate surface area is 148 Å². The van der Waals surface area contributed by atoms with Crippen molar-refractivity contribution in [3.05, 3.63) is 41.5 Å². The Bertz CT molecular complexity index is 712. The minimum Gasteiger partial charge on any atom is -0.326 e. The molecule has 0 spiro atoms. The lowest BCUT2D eigenvalue weighted by Crippen LogP contribution is -2.32. The Morgan fingerprint density at radius 1 is 1.12 bits per heavy atom. The molecule has 25 heavy (non-hydrogen) atoms. The molecule has 1 aromatic rings. The summed E-state index contributed by atoms with van der Waals surface area (Å²) in [5, 5.41) is 2.91. The molecule has 132 valence electrons. The maximum Gasteiger partial charge on any atom is 0.233 e. The van der Waals surface area contributed by atoms with Gasteiger partial charge in [-0.3, -0.25) is 19.3 Å². The highest BCUT2D eigenvalue weighted by atomic mass is 16.2. The monoisotopic (exact) mass is 340 g/mol. The number of hydrogen-bond acceptors (Lipinski definition) is 3. The van der Waals surface area contributed by atoms with Crippen LogP contribution in [-0.2, 0) is 14.4 Å². The molecule has 1 saturated heterocycles. The number of aryl methyl sites for hydroxylation is 2. The van der Waals surface area contributed by atoms with Crippen LogP contribution in [0.4, 0.5) is 5.69 Å². The van der Waals surface area contributed by atoms with Gasteiger partial charge in [-0.15, -0.1) is 0 Å². The minimum absolute atomic E-state index is 0.0747. The predicted octanol–water partition coefficient (Wildman–Crippen LogP) is 2.97. The summed E-state index contributed by atoms with van der Waals surface area (Å²) in [4.78, 5) is 38.2. The molecule has 3 rings (SSSR count). The number of carbonyl (C=O) groups is 3. The van der Waals surface area contributed by atoms with E-state index in [2.05, 4.69) is 5.32 Å². The topological polar surface area (TPSA) is 66.5 Å². The van der Waals surface area contributed by atoms with Crippen LogP contribution in [0.5, 0.6) is 0 Å². The van der Waals surface area contributed by atoms with E-state index in [4.69, 9.17) is 0 Å². The van der Waals surface area contributed by atoms with Crippen molar-refractivity contribution in [1.29, 1.82) is 0 Å². The highest BCUT2D eigenvalue weighted by Gasteiger charge is 2.46. The number of benzene rings is 1. The zero-order valence-electron chi connectivity index (χ0n) is 14.7. The molecule has 5 nitrogen and oxygen atoms in total. The van der Waals surface area contributed by atoms with Gasteiger partial charge < -0.3 is 5.32 Å². The molecule has 1 heterocycles. The third-order valence-corrected chi connectivity index (χ3v) is 5.05. The van der Waals surface area contributed by atoms with Crippen molar-refractivity contribution >= 4 is 23.4 Å². The number of fused-ring (bicyclic) bond motifs is 1. The van der Waals surface area contributed by atoms with Crippen molar-refractivity contribution in [2.45, 2.75) is 39.5 Å². The fraction of sp³-hybridized carbons (Fsp3) is 0.450. The molecular formula is C20H24N2O3. The van der Waals surface area contributed by atoms with Gasteiger partial charge in [0.2, 0.25) is 17.7 Å². The second-order valence-electron chi connectivity index (χ2n) is 6.95. The molecule has 0 unspecified atom stereocenters. The third-order valence-electron chi connectivity index (χ3n) is 5.05. The van der Waals surface area contributed by atoms with Gasteiger partial charge in [-0.25, -0.2) is 0 Å². The first-order valence-electron chi connectivity index (χ1n) is 8.84. The zero-order chi connectivity index (χ0) is 18.0. The Kier molecular flexibility index (Phi) is 5.02. The first-order chi connectivity index (χ1) is 12.0. The molecule has 0 saturated carbocycles. The van der Waals surface area contributed by atoms with Crippen LogP contribution >= 0.6 is 0 Å². The van der Waals surface area contributed by atoms with E-state index in [1.165, 1.54) is 4.90 Å². The summed E-state index contributed by atoms with van der Waals surface area (Å²) in [5.74, 6) is -0.627. The van der Waals surface area contributed by atoms with E-state index in [1.54, 1.807) is 0 Å². The second kappa shape index (κ2) is 7.21. The summed E-state index contributed by atoms with van der Waals surface area (Å²) in [5.41, 5.74) is 2.92. The third kappa shape index (κ3) is 3.65. The van der Waals surface area contributed by atoms with Crippen molar-refractivity contribution in [1.82, 2.24) is 4.90 Å². The zero-order valence-corrected chi connectivity index (χ0v) is 14.7. The fourth-order valence-corrected chi connectivity index (χ4v) is 3.57. The second-order valence-corrected chi connectivity index (χ2v) is 6.95. The average molecular weight is 340 g/mol. The number of amides is 3. The number of likely N-dealkylation sites (tertiary alicyclic amines) is 1. The van der Waals surface area contributed by atoms with Crippen LogP contribution < -0.4 is 5.32 Å². The van der Waals surface area contributed by atoms with Gasteiger partial charge in [-0.1, -0.05) is 24.3 Å². The maximum atomic E-state index is 12.4. The van der Waals surface area contributed by atoms with E-state index in [9.17, 15) is 14.4 Å². The van der Waals surface area contributed by atoms with E-state index in [1.807, 2.05) is 44.2 Å². The number of rotatable bonds is 5. The van der Waals surface area contributed by atoms with Crippen LogP contribution in [0.1, 0.15) is 36.8 Å². The van der Waals surface area contributed by atoms with E-state index in [0.29, 0.717) is 25.8 Å². The smallest absolute Gasteiger partial charge is 0.233 e. The molecule has 1 aromatic carbocycles. The number of hydrogen-bond donors (Lipinski definition) is 1. The number of allylic oxidation sites excluding steroid dienone is 2. The van der Waals surface area contributed by atoms with Crippen molar-refractivity contribution in [2.75, 3.05) is 11.9 Å². The van der Waals surface area contributed by atoms with Crippen LogP contribution in [0.15, 0.2) is 30.4 Å². The number of imide groups is 1. The fourth-order valence-electron chi connectivity index (χ4n) is 3.57. The van der Waals surface area contributed by atoms with E-state index in [0.717, 1.165) is 16.8 Å². The lowest BCUT2D eigenvalue weighted by atomic mass is 9.85. The number of carbonyl (C=O) groups excluding carboxylic acids is 3. The van der Waals surface area contributed by atoms with Gasteiger partial charge in [0, 0.05) is 18.7 Å². The van der Waals surface area contributed by atoms with Gasteiger partial charge in [0.1, 0.15) is 0 Å². The maximum absolute atomic E-state index is 12.4. The van der Waals surface area contributed by atoms with Crippen molar-refractivity contribution in [3.63, 3.8) is 0 Å². The summed E-state index contributed by atoms with van der Waals surface area (Å²) in [6.07, 6.45) is 6.04. The molecule has 1 N–H and O–H groups in total. The van der Waals surface area contributed by atoms with E-state index < -0.39 is 0 Å². The summed E-state index contributed by atoms with van der Waals surface area (Å²) >= 11 is 0. The molecular weight excluding hydrogens is 316 g/mol. The van der Waals surface area contributed by atoms with E-state index in [-0.39, 0.29) is 36.0 Å². The molecule has 0 radical (unpaired) electrons. The molecule has 2 atom stereocenters. The lowest BCUT2D eigenvalue weighted by molar-refractivity contribution is -0.140. The van der Waals surface area contributed by atoms with Gasteiger partial charge in [-0.2, -0.15) is 0 Å². The minimum atomic E-state index is -0.193. The van der Waals surface area contributed by atoms with E-state index >= 15 is 0 Å². The Morgan fingerprint density at radius 2 is 1.76 bits per heavy atom. The number of nitrogens with one attached hydrogen (secondary N) is 1. The van der Waals surface area contributed by atoms with Crippen molar-refractivity contribution in [2.24, 2.45) is 11.8 Å². The van der Waals surface area contributed by atoms with Crippen molar-refractivity contribution < 1.29 is 14.4 Å². The highest BCUT2D eigenvalue weighted by molar-refractivity contribution is 6.05. The normalized spacial score (nSPS) is 22.2. The standard InChI is InChI=1S/C20H24N2O3/c1-13-9-10-14(2)17(12-13)21-18(23)8-5-11-22-19(24)15-6-3-4-7-16(15)20(22)25/h3-4,9-10,12,15-16H,5-8,11H2,1-2H3,(H,21,23)/t15-,16+. The largest absolute Gasteiger partial charge is 0.326 e. The predicted molar refractivity (Wildman–Crippen MR) is 95.9 cm³/mol. The molecule has 0 aromatic heterocycles. The quantitative estimate of drug-likeness (QED) is 0.662. The summed E-state index contributed by atoms with van der Waals surface area (Å²) < 4.78 is 0. The molecule has 1 aliphatic carbocycles. The number of nitrogens with zero attached hydrogens (tertiary/aromatic N) is 1. The van der Waals surface area contributed by atoms with Crippen LogP contribution in [-0.4, -0.2) is 29.2 Å².